The average molecular weight is 510 g/mol. The first kappa shape index (κ1) is 15.0. The van der Waals surface area contributed by atoms with Crippen molar-refractivity contribution in [1.29, 1.82) is 0 Å². The summed E-state index contributed by atoms with van der Waals surface area (Å²) in [6, 6.07) is 0. The Balaban J connectivity index is 2.83. The smallest absolute Gasteiger partial charge is 0.273 e. The van der Waals surface area contributed by atoms with E-state index in [2.05, 4.69) is 63.7 Å². The van der Waals surface area contributed by atoms with Gasteiger partial charge in [0.1, 0.15) is 10.5 Å². The molecule has 100 valence electrons. The molecule has 0 N–H and O–H groups in total. The third kappa shape index (κ3) is 2.33. The summed E-state index contributed by atoms with van der Waals surface area (Å²) in [6.45, 7) is 0. The molecule has 4 nitrogen and oxygen atoms in total. The van der Waals surface area contributed by atoms with Crippen molar-refractivity contribution in [3.05, 3.63) is 32.9 Å². The van der Waals surface area contributed by atoms with E-state index in [0.29, 0.717) is 33.4 Å². The van der Waals surface area contributed by atoms with Crippen LogP contribution in [0.1, 0.15) is 45.3 Å². The lowest BCUT2D eigenvalue weighted by molar-refractivity contribution is -0.516. The molecule has 1 aliphatic carbocycles. The second-order valence-corrected chi connectivity index (χ2v) is 7.36. The van der Waals surface area contributed by atoms with Gasteiger partial charge in [-0.15, -0.1) is 0 Å². The van der Waals surface area contributed by atoms with Crippen LogP contribution in [0.15, 0.2) is 0 Å². The molecule has 8 heteroatoms. The molecule has 0 aromatic carbocycles. The minimum Gasteiger partial charge on any atom is -0.805 e. The van der Waals surface area contributed by atoms with E-state index < -0.39 is 0 Å². The summed E-state index contributed by atoms with van der Waals surface area (Å²) in [5.41, 5.74) is 1.98. The molecule has 1 aliphatic rings. The zero-order chi connectivity index (χ0) is 13.4. The topological polar surface area (TPSA) is 51.0 Å². The summed E-state index contributed by atoms with van der Waals surface area (Å²) in [7, 11) is 0. The Morgan fingerprint density at radius 1 is 1.22 bits per heavy atom. The maximum absolute atomic E-state index is 12.4. The van der Waals surface area contributed by atoms with Crippen molar-refractivity contribution in [2.24, 2.45) is 0 Å². The Kier molecular flexibility index (Phi) is 4.94. The van der Waals surface area contributed by atoms with Crippen LogP contribution >= 0.6 is 63.7 Å². The SMILES string of the molecule is O=[n+]1c(CBr)c(CBr)n([O-])c2c1[C@@H](Br)CC[C@H]2Br. The van der Waals surface area contributed by atoms with Gasteiger partial charge in [0, 0.05) is 10.2 Å². The number of hydrogen-bond acceptors (Lipinski definition) is 2. The zero-order valence-electron chi connectivity index (χ0n) is 9.21. The Labute approximate surface area is 138 Å². The quantitative estimate of drug-likeness (QED) is 0.443. The van der Waals surface area contributed by atoms with Gasteiger partial charge in [0.15, 0.2) is 0 Å². The molecule has 2 atom stereocenters. The highest BCUT2D eigenvalue weighted by atomic mass is 79.9. The molecule has 18 heavy (non-hydrogen) atoms. The van der Waals surface area contributed by atoms with E-state index in [9.17, 15) is 10.1 Å². The Morgan fingerprint density at radius 3 is 2.39 bits per heavy atom. The number of hydrogen-bond donors (Lipinski definition) is 0. The maximum atomic E-state index is 12.4. The van der Waals surface area contributed by atoms with Gasteiger partial charge in [0.05, 0.1) is 20.3 Å². The summed E-state index contributed by atoms with van der Waals surface area (Å²) in [4.78, 5) is 12.3. The number of alkyl halides is 4. The predicted molar refractivity (Wildman–Crippen MR) is 84.4 cm³/mol. The summed E-state index contributed by atoms with van der Waals surface area (Å²) in [5.74, 6) is 0. The lowest BCUT2D eigenvalue weighted by atomic mass is 9.99. The van der Waals surface area contributed by atoms with Gasteiger partial charge in [-0.3, -0.25) is 0 Å². The first-order valence-electron chi connectivity index (χ1n) is 5.33. The van der Waals surface area contributed by atoms with E-state index in [1.165, 1.54) is 0 Å². The molecule has 1 aromatic rings. The molecular formula is C10H10Br4N2O2. The van der Waals surface area contributed by atoms with Crippen LogP contribution in [-0.2, 0) is 10.7 Å². The molecule has 0 spiro atoms. The van der Waals surface area contributed by atoms with Gasteiger partial charge in [-0.25, -0.2) is 0 Å². The Morgan fingerprint density at radius 2 is 1.83 bits per heavy atom. The van der Waals surface area contributed by atoms with Crippen LogP contribution in [0.25, 0.3) is 0 Å². The van der Waals surface area contributed by atoms with E-state index in [1.54, 1.807) is 0 Å². The molecule has 0 fully saturated rings. The number of rotatable bonds is 2. The first-order valence-corrected chi connectivity index (χ1v) is 9.41. The number of halogens is 4. The number of aromatic nitrogens is 2. The summed E-state index contributed by atoms with van der Waals surface area (Å²) in [6.07, 6.45) is 1.67. The highest BCUT2D eigenvalue weighted by molar-refractivity contribution is 9.09. The van der Waals surface area contributed by atoms with Crippen LogP contribution in [0, 0.1) is 10.1 Å². The van der Waals surface area contributed by atoms with Gasteiger partial charge in [0.2, 0.25) is 0 Å². The van der Waals surface area contributed by atoms with E-state index in [4.69, 9.17) is 0 Å². The maximum Gasteiger partial charge on any atom is 0.273 e. The Hall–Kier alpha value is 0.600. The molecular weight excluding hydrogens is 500 g/mol. The summed E-state index contributed by atoms with van der Waals surface area (Å²) < 4.78 is 1.78. The molecule has 0 bridgehead atoms. The normalized spacial score (nSPS) is 22.9. The van der Waals surface area contributed by atoms with E-state index in [-0.39, 0.29) is 9.65 Å². The van der Waals surface area contributed by atoms with Gasteiger partial charge in [-0.1, -0.05) is 63.7 Å². The van der Waals surface area contributed by atoms with Crippen LogP contribution in [0.2, 0.25) is 0 Å². The zero-order valence-corrected chi connectivity index (χ0v) is 15.5. The lowest BCUT2D eigenvalue weighted by Crippen LogP contribution is -2.36. The highest BCUT2D eigenvalue weighted by Gasteiger charge is 2.37. The molecule has 1 aromatic heterocycles. The van der Waals surface area contributed by atoms with Gasteiger partial charge < -0.3 is 9.94 Å². The van der Waals surface area contributed by atoms with Gasteiger partial charge in [-0.05, 0) is 12.8 Å². The van der Waals surface area contributed by atoms with Crippen molar-refractivity contribution in [1.82, 2.24) is 4.73 Å². The average Bonchev–Trinajstić information content (AvgIpc) is 2.35. The first-order chi connectivity index (χ1) is 8.52. The van der Waals surface area contributed by atoms with Crippen molar-refractivity contribution in [2.75, 3.05) is 0 Å². The monoisotopic (exact) mass is 506 g/mol. The van der Waals surface area contributed by atoms with Crippen LogP contribution in [0.3, 0.4) is 0 Å². The molecule has 0 saturated heterocycles. The van der Waals surface area contributed by atoms with Crippen LogP contribution < -0.4 is 4.43 Å². The van der Waals surface area contributed by atoms with E-state index in [1.807, 2.05) is 0 Å². The predicted octanol–water partition coefficient (Wildman–Crippen LogP) is 4.20. The molecule has 0 amide bonds. The molecule has 0 aliphatic heterocycles. The molecule has 1 heterocycles. The van der Waals surface area contributed by atoms with Crippen molar-refractivity contribution in [3.63, 3.8) is 0 Å². The minimum absolute atomic E-state index is 0.0684. The van der Waals surface area contributed by atoms with Crippen molar-refractivity contribution in [2.45, 2.75) is 33.2 Å². The van der Waals surface area contributed by atoms with Crippen LogP contribution in [0.4, 0.5) is 0 Å². The standard InChI is InChI=1S/C10H10Br4N2O2/c11-3-7-8(4-12)16(18)10-6(14)2-1-5(13)9(10)15(7)17/h5-6H,1-4H2/t5-,6+. The molecule has 2 rings (SSSR count). The fourth-order valence-corrected chi connectivity index (χ4v) is 4.61. The third-order valence-electron chi connectivity index (χ3n) is 3.04. The third-order valence-corrected chi connectivity index (χ3v) is 5.89. The lowest BCUT2D eigenvalue weighted by Gasteiger charge is -2.28. The van der Waals surface area contributed by atoms with E-state index in [0.717, 1.165) is 22.0 Å². The van der Waals surface area contributed by atoms with Crippen LogP contribution in [-0.4, -0.2) is 4.73 Å². The highest BCUT2D eigenvalue weighted by Crippen LogP contribution is 2.43. The van der Waals surface area contributed by atoms with Gasteiger partial charge in [0.25, 0.3) is 11.4 Å². The second-order valence-electron chi connectivity index (χ2n) is 4.03. The summed E-state index contributed by atoms with van der Waals surface area (Å²) in [5, 5.41) is 13.1. The number of nitrogens with zero attached hydrogens (tertiary/aromatic N) is 2. The van der Waals surface area contributed by atoms with Gasteiger partial charge >= 0.3 is 0 Å². The Bertz CT molecular complexity index is 532. The minimum atomic E-state index is -0.0684. The molecule has 0 saturated carbocycles. The van der Waals surface area contributed by atoms with Gasteiger partial charge in [-0.2, -0.15) is 0 Å². The van der Waals surface area contributed by atoms with Crippen molar-refractivity contribution < 1.29 is 4.43 Å². The van der Waals surface area contributed by atoms with Crippen LogP contribution in [0.5, 0.6) is 0 Å². The van der Waals surface area contributed by atoms with E-state index >= 15 is 0 Å². The summed E-state index contributed by atoms with van der Waals surface area (Å²) >= 11 is 13.5. The molecule has 0 unspecified atom stereocenters. The second kappa shape index (κ2) is 5.93. The fourth-order valence-electron chi connectivity index (χ4n) is 2.14. The largest absolute Gasteiger partial charge is 0.805 e. The molecule has 0 radical (unpaired) electrons. The van der Waals surface area contributed by atoms with Crippen molar-refractivity contribution in [3.8, 4) is 0 Å². The fraction of sp³-hybridized carbons (Fsp3) is 0.600. The van der Waals surface area contributed by atoms with Crippen molar-refractivity contribution >= 4 is 63.7 Å². The number of fused-ring (bicyclic) bond motifs is 1.